The zero-order valence-electron chi connectivity index (χ0n) is 18.4. The quantitative estimate of drug-likeness (QED) is 0.174. The van der Waals surface area contributed by atoms with Gasteiger partial charge in [0, 0.05) is 0 Å². The van der Waals surface area contributed by atoms with E-state index in [4.69, 9.17) is 10.8 Å². The number of amides is 3. The standard InChI is InChI=1S/C19H34N4O8/c1-6-9(4)13(20)17(28)23-15(10(5)24)18(29)21-11(7-12(25)26)16(27)22-14(8(2)3)19(30)31/h8-11,13-15,24H,6-7,20H2,1-5H3,(H,21,29)(H,22,27)(H,23,28)(H,25,26)(H,30,31). The van der Waals surface area contributed by atoms with Gasteiger partial charge in [-0.2, -0.15) is 0 Å². The predicted molar refractivity (Wildman–Crippen MR) is 110 cm³/mol. The van der Waals surface area contributed by atoms with E-state index < -0.39 is 72.3 Å². The van der Waals surface area contributed by atoms with Gasteiger partial charge in [-0.05, 0) is 18.8 Å². The van der Waals surface area contributed by atoms with Crippen molar-refractivity contribution in [3.05, 3.63) is 0 Å². The Morgan fingerprint density at radius 3 is 1.74 bits per heavy atom. The highest BCUT2D eigenvalue weighted by Crippen LogP contribution is 2.07. The normalized spacial score (nSPS) is 16.9. The average Bonchev–Trinajstić information content (AvgIpc) is 2.66. The Morgan fingerprint density at radius 2 is 1.35 bits per heavy atom. The number of aliphatic carboxylic acids is 2. The van der Waals surface area contributed by atoms with Crippen LogP contribution in [0.4, 0.5) is 0 Å². The predicted octanol–water partition coefficient (Wildman–Crippen LogP) is -1.59. The summed E-state index contributed by atoms with van der Waals surface area (Å²) in [6.07, 6.45) is -1.62. The Balaban J connectivity index is 5.49. The van der Waals surface area contributed by atoms with Gasteiger partial charge in [0.05, 0.1) is 18.6 Å². The van der Waals surface area contributed by atoms with E-state index in [9.17, 15) is 34.2 Å². The highest BCUT2D eigenvalue weighted by Gasteiger charge is 2.34. The third kappa shape index (κ3) is 9.30. The van der Waals surface area contributed by atoms with Crippen LogP contribution in [0.1, 0.15) is 47.5 Å². The molecule has 0 aromatic heterocycles. The average molecular weight is 447 g/mol. The molecule has 0 bridgehead atoms. The van der Waals surface area contributed by atoms with Crippen molar-refractivity contribution >= 4 is 29.7 Å². The van der Waals surface area contributed by atoms with Gasteiger partial charge in [0.1, 0.15) is 18.1 Å². The van der Waals surface area contributed by atoms with E-state index in [1.807, 2.05) is 6.92 Å². The molecule has 0 rings (SSSR count). The number of nitrogens with two attached hydrogens (primary N) is 1. The second kappa shape index (κ2) is 12.8. The summed E-state index contributed by atoms with van der Waals surface area (Å²) in [5.41, 5.74) is 5.82. The summed E-state index contributed by atoms with van der Waals surface area (Å²) in [5.74, 6) is -6.19. The monoisotopic (exact) mass is 446 g/mol. The molecule has 0 heterocycles. The first-order valence-electron chi connectivity index (χ1n) is 10.0. The molecule has 0 saturated carbocycles. The fourth-order valence-corrected chi connectivity index (χ4v) is 2.58. The van der Waals surface area contributed by atoms with Crippen molar-refractivity contribution in [2.24, 2.45) is 17.6 Å². The van der Waals surface area contributed by atoms with Gasteiger partial charge in [0.15, 0.2) is 0 Å². The van der Waals surface area contributed by atoms with Gasteiger partial charge in [-0.1, -0.05) is 34.1 Å². The summed E-state index contributed by atoms with van der Waals surface area (Å²) in [6.45, 7) is 7.88. The topological polar surface area (TPSA) is 208 Å². The molecule has 0 fully saturated rings. The summed E-state index contributed by atoms with van der Waals surface area (Å²) < 4.78 is 0. The molecular formula is C19H34N4O8. The Morgan fingerprint density at radius 1 is 0.839 bits per heavy atom. The van der Waals surface area contributed by atoms with Crippen LogP contribution >= 0.6 is 0 Å². The fourth-order valence-electron chi connectivity index (χ4n) is 2.58. The Hall–Kier alpha value is -2.73. The van der Waals surface area contributed by atoms with Crippen LogP contribution in [-0.2, 0) is 24.0 Å². The van der Waals surface area contributed by atoms with Gasteiger partial charge in [-0.3, -0.25) is 19.2 Å². The molecule has 3 amide bonds. The number of carbonyl (C=O) groups is 5. The molecule has 6 atom stereocenters. The lowest BCUT2D eigenvalue weighted by molar-refractivity contribution is -0.144. The highest BCUT2D eigenvalue weighted by molar-refractivity contribution is 5.95. The van der Waals surface area contributed by atoms with Crippen molar-refractivity contribution < 1.29 is 39.3 Å². The van der Waals surface area contributed by atoms with Crippen LogP contribution in [0.3, 0.4) is 0 Å². The fraction of sp³-hybridized carbons (Fsp3) is 0.737. The lowest BCUT2D eigenvalue weighted by atomic mass is 9.98. The van der Waals surface area contributed by atoms with Gasteiger partial charge >= 0.3 is 11.9 Å². The zero-order valence-corrected chi connectivity index (χ0v) is 18.4. The maximum atomic E-state index is 12.6. The van der Waals surface area contributed by atoms with Crippen LogP contribution in [0.2, 0.25) is 0 Å². The third-order valence-electron chi connectivity index (χ3n) is 4.86. The van der Waals surface area contributed by atoms with Crippen molar-refractivity contribution in [1.29, 1.82) is 0 Å². The van der Waals surface area contributed by atoms with Crippen LogP contribution < -0.4 is 21.7 Å². The molecule has 0 aliphatic rings. The summed E-state index contributed by atoms with van der Waals surface area (Å²) in [4.78, 5) is 59.8. The number of carboxylic acid groups (broad SMARTS) is 2. The summed E-state index contributed by atoms with van der Waals surface area (Å²) in [5, 5.41) is 34.9. The zero-order chi connectivity index (χ0) is 24.5. The van der Waals surface area contributed by atoms with Crippen LogP contribution in [0.5, 0.6) is 0 Å². The number of carboxylic acids is 2. The molecule has 0 spiro atoms. The third-order valence-corrected chi connectivity index (χ3v) is 4.86. The van der Waals surface area contributed by atoms with Crippen LogP contribution in [0.15, 0.2) is 0 Å². The van der Waals surface area contributed by atoms with Crippen LogP contribution in [0, 0.1) is 11.8 Å². The van der Waals surface area contributed by atoms with Gasteiger partial charge in [0.25, 0.3) is 0 Å². The molecule has 0 aromatic rings. The van der Waals surface area contributed by atoms with Crippen LogP contribution in [0.25, 0.3) is 0 Å². The van der Waals surface area contributed by atoms with E-state index in [0.29, 0.717) is 6.42 Å². The number of hydrogen-bond donors (Lipinski definition) is 7. The summed E-state index contributed by atoms with van der Waals surface area (Å²) in [6, 6.07) is -5.39. The minimum absolute atomic E-state index is 0.202. The Bertz CT molecular complexity index is 667. The second-order valence-electron chi connectivity index (χ2n) is 7.87. The van der Waals surface area contributed by atoms with Gasteiger partial charge in [-0.15, -0.1) is 0 Å². The van der Waals surface area contributed by atoms with Gasteiger partial charge in [-0.25, -0.2) is 4.79 Å². The molecule has 6 unspecified atom stereocenters. The Labute approximate surface area is 180 Å². The number of aliphatic hydroxyl groups is 1. The molecule has 8 N–H and O–H groups in total. The Kier molecular flexibility index (Phi) is 11.7. The minimum Gasteiger partial charge on any atom is -0.481 e. The lowest BCUT2D eigenvalue weighted by Crippen LogP contribution is -2.60. The number of carbonyl (C=O) groups excluding carboxylic acids is 3. The van der Waals surface area contributed by atoms with E-state index in [1.54, 1.807) is 20.8 Å². The highest BCUT2D eigenvalue weighted by atomic mass is 16.4. The van der Waals surface area contributed by atoms with E-state index in [-0.39, 0.29) is 5.92 Å². The number of rotatable bonds is 13. The molecule has 0 aliphatic carbocycles. The summed E-state index contributed by atoms with van der Waals surface area (Å²) in [7, 11) is 0. The molecule has 31 heavy (non-hydrogen) atoms. The molecule has 12 nitrogen and oxygen atoms in total. The first-order chi connectivity index (χ1) is 14.2. The minimum atomic E-state index is -1.63. The second-order valence-corrected chi connectivity index (χ2v) is 7.87. The molecule has 0 saturated heterocycles. The molecule has 0 radical (unpaired) electrons. The molecular weight excluding hydrogens is 412 g/mol. The number of nitrogens with one attached hydrogen (secondary N) is 3. The maximum absolute atomic E-state index is 12.6. The molecule has 0 aromatic carbocycles. The van der Waals surface area contributed by atoms with Gasteiger partial charge in [0.2, 0.25) is 17.7 Å². The smallest absolute Gasteiger partial charge is 0.326 e. The van der Waals surface area contributed by atoms with Crippen molar-refractivity contribution in [3.63, 3.8) is 0 Å². The molecule has 178 valence electrons. The SMILES string of the molecule is CCC(C)C(N)C(=O)NC(C(=O)NC(CC(=O)O)C(=O)NC(C(=O)O)C(C)C)C(C)O. The van der Waals surface area contributed by atoms with Crippen molar-refractivity contribution in [3.8, 4) is 0 Å². The summed E-state index contributed by atoms with van der Waals surface area (Å²) >= 11 is 0. The largest absolute Gasteiger partial charge is 0.481 e. The van der Waals surface area contributed by atoms with Gasteiger partial charge < -0.3 is 37.0 Å². The van der Waals surface area contributed by atoms with Crippen molar-refractivity contribution in [2.45, 2.75) is 77.7 Å². The van der Waals surface area contributed by atoms with E-state index in [0.717, 1.165) is 0 Å². The molecule has 0 aliphatic heterocycles. The first kappa shape index (κ1) is 28.3. The number of hydrogen-bond acceptors (Lipinski definition) is 7. The maximum Gasteiger partial charge on any atom is 0.326 e. The number of aliphatic hydroxyl groups excluding tert-OH is 1. The first-order valence-corrected chi connectivity index (χ1v) is 10.0. The van der Waals surface area contributed by atoms with Crippen LogP contribution in [-0.4, -0.2) is 75.3 Å². The van der Waals surface area contributed by atoms with Crippen molar-refractivity contribution in [2.75, 3.05) is 0 Å². The van der Waals surface area contributed by atoms with E-state index >= 15 is 0 Å². The molecule has 12 heteroatoms. The van der Waals surface area contributed by atoms with Crippen molar-refractivity contribution in [1.82, 2.24) is 16.0 Å². The van der Waals surface area contributed by atoms with E-state index in [1.165, 1.54) is 6.92 Å². The van der Waals surface area contributed by atoms with E-state index in [2.05, 4.69) is 16.0 Å². The lowest BCUT2D eigenvalue weighted by Gasteiger charge is -2.27.